The number of methoxy groups -OCH3 is 1. The van der Waals surface area contributed by atoms with Crippen LogP contribution >= 0.6 is 0 Å². The molecule has 0 radical (unpaired) electrons. The molecule has 1 aliphatic rings. The van der Waals surface area contributed by atoms with Crippen LogP contribution in [0.4, 0.5) is 0 Å². The maximum Gasteiger partial charge on any atom is 0.330 e. The van der Waals surface area contributed by atoms with Crippen molar-refractivity contribution < 1.29 is 33.6 Å². The first-order valence-corrected chi connectivity index (χ1v) is 7.48. The Morgan fingerprint density at radius 2 is 1.78 bits per heavy atom. The Morgan fingerprint density at radius 3 is 2.48 bits per heavy atom. The van der Waals surface area contributed by atoms with Gasteiger partial charge in [-0.05, 0) is 38.8 Å². The summed E-state index contributed by atoms with van der Waals surface area (Å²) in [5, 5.41) is 9.82. The van der Waals surface area contributed by atoms with Crippen LogP contribution in [0.1, 0.15) is 26.7 Å². The molecular formula is C16H24O7. The van der Waals surface area contributed by atoms with Crippen LogP contribution in [0.25, 0.3) is 0 Å². The van der Waals surface area contributed by atoms with E-state index in [1.807, 2.05) is 0 Å². The number of carbonyl (C=O) groups is 2. The van der Waals surface area contributed by atoms with Crippen LogP contribution < -0.4 is 0 Å². The number of cyclic esters (lactones) is 2. The van der Waals surface area contributed by atoms with Gasteiger partial charge in [-0.1, -0.05) is 0 Å². The predicted octanol–water partition coefficient (Wildman–Crippen LogP) is 1.11. The number of ether oxygens (including phenoxy) is 4. The number of esters is 2. The Labute approximate surface area is 135 Å². The van der Waals surface area contributed by atoms with Crippen LogP contribution in [-0.2, 0) is 28.5 Å². The normalized spacial score (nSPS) is 33.2. The minimum Gasteiger partial charge on any atom is -0.460 e. The third-order valence-corrected chi connectivity index (χ3v) is 3.23. The molecule has 1 N–H and O–H groups in total. The smallest absolute Gasteiger partial charge is 0.330 e. The van der Waals surface area contributed by atoms with Gasteiger partial charge in [0.05, 0.1) is 12.2 Å². The highest BCUT2D eigenvalue weighted by Gasteiger charge is 2.18. The van der Waals surface area contributed by atoms with Gasteiger partial charge in [-0.15, -0.1) is 0 Å². The number of hydrogen-bond acceptors (Lipinski definition) is 7. The van der Waals surface area contributed by atoms with Gasteiger partial charge in [0, 0.05) is 19.3 Å². The minimum absolute atomic E-state index is 0.0794. The third kappa shape index (κ3) is 7.92. The fraction of sp³-hybridized carbons (Fsp3) is 0.625. The molecule has 1 aliphatic heterocycles. The van der Waals surface area contributed by atoms with Gasteiger partial charge in [0.25, 0.3) is 0 Å². The molecule has 0 aromatic rings. The fourth-order valence-electron chi connectivity index (χ4n) is 1.90. The van der Waals surface area contributed by atoms with Crippen LogP contribution in [0.15, 0.2) is 24.3 Å². The first-order valence-electron chi connectivity index (χ1n) is 7.48. The fourth-order valence-corrected chi connectivity index (χ4v) is 1.90. The van der Waals surface area contributed by atoms with Crippen LogP contribution in [0, 0.1) is 0 Å². The second-order valence-corrected chi connectivity index (χ2v) is 5.29. The lowest BCUT2D eigenvalue weighted by atomic mass is 10.1. The van der Waals surface area contributed by atoms with E-state index in [-0.39, 0.29) is 19.0 Å². The molecular weight excluding hydrogens is 304 g/mol. The van der Waals surface area contributed by atoms with E-state index in [9.17, 15) is 14.7 Å². The van der Waals surface area contributed by atoms with Gasteiger partial charge in [-0.3, -0.25) is 0 Å². The molecule has 130 valence electrons. The maximum atomic E-state index is 11.7. The van der Waals surface area contributed by atoms with Gasteiger partial charge in [-0.2, -0.15) is 0 Å². The summed E-state index contributed by atoms with van der Waals surface area (Å²) in [5.41, 5.74) is 0. The van der Waals surface area contributed by atoms with Crippen molar-refractivity contribution >= 4 is 11.9 Å². The zero-order chi connectivity index (χ0) is 17.2. The van der Waals surface area contributed by atoms with Gasteiger partial charge in [0.15, 0.2) is 0 Å². The van der Waals surface area contributed by atoms with Gasteiger partial charge >= 0.3 is 11.9 Å². The number of aliphatic hydroxyl groups is 1. The first kappa shape index (κ1) is 19.3. The van der Waals surface area contributed by atoms with Gasteiger partial charge in [0.1, 0.15) is 19.0 Å². The number of hydrogen-bond donors (Lipinski definition) is 1. The standard InChI is InChI=1S/C16H24O7/c1-11-4-5-13(21-10-20-3)6-8-16(19)23-12(2)14(17)7-9-15(18)22-11/h6-9,11-14,17H,4-5,10H2,1-3H3/b8-6+,9-7+/t11-,12-,13-,14-/m1/s1. The number of carbonyl (C=O) groups excluding carboxylic acids is 2. The summed E-state index contributed by atoms with van der Waals surface area (Å²) in [7, 11) is 1.50. The zero-order valence-corrected chi connectivity index (χ0v) is 13.6. The largest absolute Gasteiger partial charge is 0.460 e. The molecule has 0 saturated heterocycles. The van der Waals surface area contributed by atoms with Crippen molar-refractivity contribution in [3.05, 3.63) is 24.3 Å². The van der Waals surface area contributed by atoms with Gasteiger partial charge in [0.2, 0.25) is 0 Å². The highest BCUT2D eigenvalue weighted by Crippen LogP contribution is 2.11. The first-order chi connectivity index (χ1) is 10.9. The van der Waals surface area contributed by atoms with E-state index < -0.39 is 24.1 Å². The second kappa shape index (κ2) is 10.1. The van der Waals surface area contributed by atoms with Crippen LogP contribution in [-0.4, -0.2) is 55.4 Å². The highest BCUT2D eigenvalue weighted by molar-refractivity contribution is 5.83. The molecule has 7 heteroatoms. The van der Waals surface area contributed by atoms with Crippen molar-refractivity contribution in [1.82, 2.24) is 0 Å². The summed E-state index contributed by atoms with van der Waals surface area (Å²) >= 11 is 0. The molecule has 1 rings (SSSR count). The van der Waals surface area contributed by atoms with Crippen molar-refractivity contribution in [2.45, 2.75) is 51.1 Å². The molecule has 0 aliphatic carbocycles. The monoisotopic (exact) mass is 328 g/mol. The minimum atomic E-state index is -1.10. The van der Waals surface area contributed by atoms with Gasteiger partial charge < -0.3 is 24.1 Å². The molecule has 4 atom stereocenters. The van der Waals surface area contributed by atoms with Crippen molar-refractivity contribution in [3.8, 4) is 0 Å². The van der Waals surface area contributed by atoms with E-state index in [4.69, 9.17) is 18.9 Å². The Kier molecular flexibility index (Phi) is 8.53. The highest BCUT2D eigenvalue weighted by atomic mass is 16.7. The molecule has 0 saturated carbocycles. The van der Waals surface area contributed by atoms with E-state index in [1.165, 1.54) is 26.2 Å². The Morgan fingerprint density at radius 1 is 1.13 bits per heavy atom. The average Bonchev–Trinajstić information content (AvgIpc) is 2.50. The van der Waals surface area contributed by atoms with Crippen molar-refractivity contribution in [2.24, 2.45) is 0 Å². The topological polar surface area (TPSA) is 91.3 Å². The second-order valence-electron chi connectivity index (χ2n) is 5.29. The molecule has 0 aromatic carbocycles. The van der Waals surface area contributed by atoms with E-state index >= 15 is 0 Å². The summed E-state index contributed by atoms with van der Waals surface area (Å²) in [6, 6.07) is 0. The summed E-state index contributed by atoms with van der Waals surface area (Å²) in [6.45, 7) is 3.37. The summed E-state index contributed by atoms with van der Waals surface area (Å²) in [4.78, 5) is 23.4. The van der Waals surface area contributed by atoms with E-state index in [1.54, 1.807) is 13.0 Å². The van der Waals surface area contributed by atoms with Crippen molar-refractivity contribution in [2.75, 3.05) is 13.9 Å². The molecule has 23 heavy (non-hydrogen) atoms. The summed E-state index contributed by atoms with van der Waals surface area (Å²) in [6.07, 6.45) is 3.70. The summed E-state index contributed by atoms with van der Waals surface area (Å²) in [5.74, 6) is -1.15. The van der Waals surface area contributed by atoms with Crippen LogP contribution in [0.3, 0.4) is 0 Å². The molecule has 0 amide bonds. The van der Waals surface area contributed by atoms with E-state index in [0.29, 0.717) is 12.8 Å². The van der Waals surface area contributed by atoms with Gasteiger partial charge in [-0.25, -0.2) is 9.59 Å². The molecule has 0 unspecified atom stereocenters. The average molecular weight is 328 g/mol. The van der Waals surface area contributed by atoms with Crippen LogP contribution in [0.2, 0.25) is 0 Å². The molecule has 0 fully saturated rings. The number of aliphatic hydroxyl groups excluding tert-OH is 1. The Balaban J connectivity index is 2.83. The molecule has 1 heterocycles. The van der Waals surface area contributed by atoms with Crippen LogP contribution in [0.5, 0.6) is 0 Å². The van der Waals surface area contributed by atoms with E-state index in [2.05, 4.69) is 0 Å². The molecule has 0 bridgehead atoms. The SMILES string of the molecule is COCO[C@H]1/C=C/C(=O)O[C@H](C)[C@H](O)/C=C/C(=O)O[C@H](C)CC1. The molecule has 7 nitrogen and oxygen atoms in total. The number of rotatable bonds is 3. The quantitative estimate of drug-likeness (QED) is 0.613. The van der Waals surface area contributed by atoms with Crippen molar-refractivity contribution in [1.29, 1.82) is 0 Å². The molecule has 0 aromatic heterocycles. The molecule has 0 spiro atoms. The maximum absolute atomic E-state index is 11.7. The lowest BCUT2D eigenvalue weighted by Gasteiger charge is -2.19. The summed E-state index contributed by atoms with van der Waals surface area (Å²) < 4.78 is 20.5. The van der Waals surface area contributed by atoms with Crippen molar-refractivity contribution in [3.63, 3.8) is 0 Å². The lowest BCUT2D eigenvalue weighted by molar-refractivity contribution is -0.146. The van der Waals surface area contributed by atoms with E-state index in [0.717, 1.165) is 6.08 Å². The predicted molar refractivity (Wildman–Crippen MR) is 81.4 cm³/mol. The third-order valence-electron chi connectivity index (χ3n) is 3.23. The Hall–Kier alpha value is -1.70. The lowest BCUT2D eigenvalue weighted by Crippen LogP contribution is -2.27. The zero-order valence-electron chi connectivity index (χ0n) is 13.6. The Bertz CT molecular complexity index is 444.